The second-order valence-electron chi connectivity index (χ2n) is 5.48. The number of imidazole rings is 1. The van der Waals surface area contributed by atoms with Gasteiger partial charge in [0.05, 0.1) is 24.0 Å². The molecule has 0 radical (unpaired) electrons. The van der Waals surface area contributed by atoms with Gasteiger partial charge in [-0.25, -0.2) is 4.98 Å². The number of fused-ring (bicyclic) bond motifs is 1. The Hall–Kier alpha value is -1.22. The molecule has 0 spiro atoms. The van der Waals surface area contributed by atoms with E-state index in [1.165, 1.54) is 6.42 Å². The number of benzene rings is 1. The third-order valence-corrected chi connectivity index (χ3v) is 4.21. The SMILES string of the molecule is CCC(C)CC(C)n1c(CCl)nc2ccc(OC)cc21. The smallest absolute Gasteiger partial charge is 0.125 e. The largest absolute Gasteiger partial charge is 0.497 e. The van der Waals surface area contributed by atoms with Crippen molar-refractivity contribution in [2.24, 2.45) is 5.92 Å². The molecule has 2 unspecified atom stereocenters. The molecule has 0 aliphatic heterocycles. The Balaban J connectivity index is 2.47. The second-order valence-corrected chi connectivity index (χ2v) is 5.75. The van der Waals surface area contributed by atoms with Gasteiger partial charge in [-0.3, -0.25) is 0 Å². The van der Waals surface area contributed by atoms with Gasteiger partial charge in [-0.15, -0.1) is 11.6 Å². The minimum absolute atomic E-state index is 0.385. The van der Waals surface area contributed by atoms with Crippen LogP contribution in [0.3, 0.4) is 0 Å². The van der Waals surface area contributed by atoms with Gasteiger partial charge in [0.1, 0.15) is 11.6 Å². The molecule has 0 aliphatic carbocycles. The van der Waals surface area contributed by atoms with Crippen molar-refractivity contribution in [3.63, 3.8) is 0 Å². The maximum Gasteiger partial charge on any atom is 0.125 e. The van der Waals surface area contributed by atoms with Crippen molar-refractivity contribution in [2.45, 2.75) is 45.5 Å². The van der Waals surface area contributed by atoms with Gasteiger partial charge in [0.15, 0.2) is 0 Å². The molecule has 1 aromatic carbocycles. The predicted octanol–water partition coefficient (Wildman–Crippen LogP) is 4.78. The Morgan fingerprint density at radius 2 is 2.10 bits per heavy atom. The van der Waals surface area contributed by atoms with Crippen LogP contribution in [-0.4, -0.2) is 16.7 Å². The average Bonchev–Trinajstić information content (AvgIpc) is 2.84. The first-order valence-electron chi connectivity index (χ1n) is 7.21. The van der Waals surface area contributed by atoms with Crippen molar-refractivity contribution in [1.82, 2.24) is 9.55 Å². The maximum absolute atomic E-state index is 6.08. The molecular formula is C16H23ClN2O. The number of nitrogens with zero attached hydrogens (tertiary/aromatic N) is 2. The number of methoxy groups -OCH3 is 1. The number of rotatable bonds is 6. The van der Waals surface area contributed by atoms with E-state index < -0.39 is 0 Å². The first-order chi connectivity index (χ1) is 9.60. The van der Waals surface area contributed by atoms with Crippen LogP contribution in [0, 0.1) is 5.92 Å². The minimum atomic E-state index is 0.385. The van der Waals surface area contributed by atoms with Crippen LogP contribution in [0.25, 0.3) is 11.0 Å². The van der Waals surface area contributed by atoms with Gasteiger partial charge < -0.3 is 9.30 Å². The minimum Gasteiger partial charge on any atom is -0.497 e. The highest BCUT2D eigenvalue weighted by molar-refractivity contribution is 6.16. The molecule has 0 saturated carbocycles. The third-order valence-electron chi connectivity index (χ3n) is 3.97. The molecular weight excluding hydrogens is 272 g/mol. The fraction of sp³-hybridized carbons (Fsp3) is 0.562. The normalized spacial score (nSPS) is 14.4. The van der Waals surface area contributed by atoms with E-state index in [4.69, 9.17) is 16.3 Å². The Kier molecular flexibility index (Phi) is 4.92. The second kappa shape index (κ2) is 6.49. The van der Waals surface area contributed by atoms with Crippen molar-refractivity contribution in [3.8, 4) is 5.75 Å². The zero-order valence-electron chi connectivity index (χ0n) is 12.7. The Morgan fingerprint density at radius 3 is 2.70 bits per heavy atom. The molecule has 1 aromatic heterocycles. The highest BCUT2D eigenvalue weighted by Crippen LogP contribution is 2.29. The van der Waals surface area contributed by atoms with Crippen LogP contribution in [0.15, 0.2) is 18.2 Å². The quantitative estimate of drug-likeness (QED) is 0.717. The van der Waals surface area contributed by atoms with Gasteiger partial charge in [-0.05, 0) is 31.4 Å². The van der Waals surface area contributed by atoms with Gasteiger partial charge in [-0.2, -0.15) is 0 Å². The van der Waals surface area contributed by atoms with Crippen molar-refractivity contribution in [2.75, 3.05) is 7.11 Å². The van der Waals surface area contributed by atoms with Crippen molar-refractivity contribution in [3.05, 3.63) is 24.0 Å². The summed E-state index contributed by atoms with van der Waals surface area (Å²) < 4.78 is 7.59. The van der Waals surface area contributed by atoms with Crippen LogP contribution in [0.2, 0.25) is 0 Å². The van der Waals surface area contributed by atoms with Crippen LogP contribution < -0.4 is 4.74 Å². The summed E-state index contributed by atoms with van der Waals surface area (Å²) in [5.41, 5.74) is 2.09. The molecule has 110 valence electrons. The van der Waals surface area contributed by atoms with E-state index in [1.54, 1.807) is 7.11 Å². The average molecular weight is 295 g/mol. The fourth-order valence-electron chi connectivity index (χ4n) is 2.69. The lowest BCUT2D eigenvalue weighted by Gasteiger charge is -2.20. The van der Waals surface area contributed by atoms with Crippen LogP contribution in [0.1, 0.15) is 45.5 Å². The molecule has 2 aromatic rings. The number of hydrogen-bond acceptors (Lipinski definition) is 2. The number of halogens is 1. The van der Waals surface area contributed by atoms with Gasteiger partial charge in [0.25, 0.3) is 0 Å². The summed E-state index contributed by atoms with van der Waals surface area (Å²) in [4.78, 5) is 4.64. The lowest BCUT2D eigenvalue weighted by molar-refractivity contribution is 0.398. The monoisotopic (exact) mass is 294 g/mol. The van der Waals surface area contributed by atoms with E-state index in [0.717, 1.165) is 29.0 Å². The summed E-state index contributed by atoms with van der Waals surface area (Å²) in [7, 11) is 1.69. The van der Waals surface area contributed by atoms with Crippen molar-refractivity contribution in [1.29, 1.82) is 0 Å². The van der Waals surface area contributed by atoms with Crippen molar-refractivity contribution < 1.29 is 4.74 Å². The molecule has 20 heavy (non-hydrogen) atoms. The summed E-state index contributed by atoms with van der Waals surface area (Å²) in [6.45, 7) is 6.76. The fourth-order valence-corrected chi connectivity index (χ4v) is 2.88. The number of ether oxygens (including phenoxy) is 1. The van der Waals surface area contributed by atoms with E-state index in [-0.39, 0.29) is 0 Å². The number of alkyl halides is 1. The molecule has 3 nitrogen and oxygen atoms in total. The Labute approximate surface area is 125 Å². The summed E-state index contributed by atoms with van der Waals surface area (Å²) in [6, 6.07) is 6.37. The van der Waals surface area contributed by atoms with Gasteiger partial charge >= 0.3 is 0 Å². The standard InChI is InChI=1S/C16H23ClN2O/c1-5-11(2)8-12(3)19-15-9-13(20-4)6-7-14(15)18-16(19)10-17/h6-7,9,11-12H,5,8,10H2,1-4H3. The van der Waals surface area contributed by atoms with E-state index in [1.807, 2.05) is 18.2 Å². The molecule has 0 amide bonds. The maximum atomic E-state index is 6.08. The van der Waals surface area contributed by atoms with Crippen LogP contribution >= 0.6 is 11.6 Å². The highest BCUT2D eigenvalue weighted by atomic mass is 35.5. The number of hydrogen-bond donors (Lipinski definition) is 0. The Bertz CT molecular complexity index is 579. The molecule has 0 fully saturated rings. The molecule has 2 atom stereocenters. The van der Waals surface area contributed by atoms with Gasteiger partial charge in [0.2, 0.25) is 0 Å². The third kappa shape index (κ3) is 2.93. The van der Waals surface area contributed by atoms with Crippen LogP contribution in [0.4, 0.5) is 0 Å². The molecule has 0 N–H and O–H groups in total. The van der Waals surface area contributed by atoms with Gasteiger partial charge in [0, 0.05) is 12.1 Å². The molecule has 0 aliphatic rings. The first-order valence-corrected chi connectivity index (χ1v) is 7.74. The summed E-state index contributed by atoms with van der Waals surface area (Å²) in [6.07, 6.45) is 2.32. The van der Waals surface area contributed by atoms with E-state index in [9.17, 15) is 0 Å². The van der Waals surface area contributed by atoms with Crippen molar-refractivity contribution >= 4 is 22.6 Å². The van der Waals surface area contributed by atoms with Crippen LogP contribution in [0.5, 0.6) is 5.75 Å². The van der Waals surface area contributed by atoms with E-state index >= 15 is 0 Å². The summed E-state index contributed by atoms with van der Waals surface area (Å²) in [5.74, 6) is 2.92. The topological polar surface area (TPSA) is 27.1 Å². The Morgan fingerprint density at radius 1 is 1.35 bits per heavy atom. The lowest BCUT2D eigenvalue weighted by Crippen LogP contribution is -2.11. The molecule has 1 heterocycles. The van der Waals surface area contributed by atoms with E-state index in [0.29, 0.717) is 17.8 Å². The highest BCUT2D eigenvalue weighted by Gasteiger charge is 2.17. The molecule has 4 heteroatoms. The van der Waals surface area contributed by atoms with Crippen LogP contribution in [-0.2, 0) is 5.88 Å². The number of aromatic nitrogens is 2. The lowest BCUT2D eigenvalue weighted by atomic mass is 10.00. The van der Waals surface area contributed by atoms with E-state index in [2.05, 4.69) is 30.3 Å². The summed E-state index contributed by atoms with van der Waals surface area (Å²) in [5, 5.41) is 0. The predicted molar refractivity (Wildman–Crippen MR) is 84.6 cm³/mol. The molecule has 0 saturated heterocycles. The zero-order valence-corrected chi connectivity index (χ0v) is 13.4. The summed E-state index contributed by atoms with van der Waals surface area (Å²) >= 11 is 6.08. The van der Waals surface area contributed by atoms with Gasteiger partial charge in [-0.1, -0.05) is 20.3 Å². The molecule has 0 bridgehead atoms. The molecule has 2 rings (SSSR count). The zero-order chi connectivity index (χ0) is 14.7. The first kappa shape index (κ1) is 15.2.